The van der Waals surface area contributed by atoms with Crippen LogP contribution in [0.5, 0.6) is 0 Å². The SMILES string of the molecule is Cc1cccc(N)c1NC(=O)CN1CCSC(C)C1C. The van der Waals surface area contributed by atoms with Gasteiger partial charge in [0.05, 0.1) is 17.9 Å². The van der Waals surface area contributed by atoms with Gasteiger partial charge in [-0.3, -0.25) is 9.69 Å². The molecule has 4 nitrogen and oxygen atoms in total. The van der Waals surface area contributed by atoms with E-state index >= 15 is 0 Å². The fourth-order valence-electron chi connectivity index (χ4n) is 2.44. The highest BCUT2D eigenvalue weighted by molar-refractivity contribution is 8.00. The summed E-state index contributed by atoms with van der Waals surface area (Å²) < 4.78 is 0. The molecule has 0 aromatic heterocycles. The Bertz CT molecular complexity index is 472. The van der Waals surface area contributed by atoms with E-state index < -0.39 is 0 Å². The van der Waals surface area contributed by atoms with Gasteiger partial charge in [0.25, 0.3) is 0 Å². The molecule has 2 atom stereocenters. The molecular formula is C15H23N3OS. The van der Waals surface area contributed by atoms with Gasteiger partial charge in [-0.05, 0) is 25.5 Å². The smallest absolute Gasteiger partial charge is 0.238 e. The van der Waals surface area contributed by atoms with Crippen LogP contribution in [0.1, 0.15) is 19.4 Å². The summed E-state index contributed by atoms with van der Waals surface area (Å²) in [5, 5.41) is 3.52. The van der Waals surface area contributed by atoms with Gasteiger partial charge in [0.1, 0.15) is 0 Å². The number of nitrogens with zero attached hydrogens (tertiary/aromatic N) is 1. The summed E-state index contributed by atoms with van der Waals surface area (Å²) in [6, 6.07) is 6.08. The largest absolute Gasteiger partial charge is 0.397 e. The first-order valence-electron chi connectivity index (χ1n) is 6.99. The van der Waals surface area contributed by atoms with E-state index in [1.807, 2.05) is 36.9 Å². The number of nitrogens with two attached hydrogens (primary N) is 1. The zero-order valence-corrected chi connectivity index (χ0v) is 13.2. The molecule has 0 aliphatic carbocycles. The second kappa shape index (κ2) is 6.50. The first-order valence-corrected chi connectivity index (χ1v) is 8.04. The minimum absolute atomic E-state index is 0.0111. The number of hydrogen-bond acceptors (Lipinski definition) is 4. The van der Waals surface area contributed by atoms with Crippen molar-refractivity contribution in [3.63, 3.8) is 0 Å². The lowest BCUT2D eigenvalue weighted by atomic mass is 10.1. The molecule has 0 bridgehead atoms. The average molecular weight is 293 g/mol. The number of carbonyl (C=O) groups excluding carboxylic acids is 1. The zero-order valence-electron chi connectivity index (χ0n) is 12.3. The Labute approximate surface area is 125 Å². The van der Waals surface area contributed by atoms with Gasteiger partial charge < -0.3 is 11.1 Å². The van der Waals surface area contributed by atoms with Crippen LogP contribution in [0, 0.1) is 6.92 Å². The van der Waals surface area contributed by atoms with E-state index in [0.29, 0.717) is 23.5 Å². The summed E-state index contributed by atoms with van der Waals surface area (Å²) in [5.41, 5.74) is 8.27. The maximum Gasteiger partial charge on any atom is 0.238 e. The van der Waals surface area contributed by atoms with E-state index in [1.165, 1.54) is 0 Å². The molecule has 2 rings (SSSR count). The van der Waals surface area contributed by atoms with Gasteiger partial charge in [-0.1, -0.05) is 19.1 Å². The minimum Gasteiger partial charge on any atom is -0.397 e. The molecule has 3 N–H and O–H groups in total. The van der Waals surface area contributed by atoms with Gasteiger partial charge >= 0.3 is 0 Å². The van der Waals surface area contributed by atoms with E-state index in [1.54, 1.807) is 0 Å². The van der Waals surface area contributed by atoms with Gasteiger partial charge in [0, 0.05) is 23.6 Å². The van der Waals surface area contributed by atoms with Gasteiger partial charge in [-0.15, -0.1) is 0 Å². The van der Waals surface area contributed by atoms with Crippen molar-refractivity contribution in [3.8, 4) is 0 Å². The number of nitrogens with one attached hydrogen (secondary N) is 1. The lowest BCUT2D eigenvalue weighted by Gasteiger charge is -2.36. The Hall–Kier alpha value is -1.20. The fraction of sp³-hybridized carbons (Fsp3) is 0.533. The number of amides is 1. The van der Waals surface area contributed by atoms with Crippen LogP contribution in [0.2, 0.25) is 0 Å². The Kier molecular flexibility index (Phi) is 4.94. The quantitative estimate of drug-likeness (QED) is 0.840. The van der Waals surface area contributed by atoms with Crippen molar-refractivity contribution in [3.05, 3.63) is 23.8 Å². The summed E-state index contributed by atoms with van der Waals surface area (Å²) in [5.74, 6) is 1.10. The molecule has 20 heavy (non-hydrogen) atoms. The molecule has 110 valence electrons. The van der Waals surface area contributed by atoms with E-state index in [9.17, 15) is 4.79 Å². The maximum absolute atomic E-state index is 12.2. The number of anilines is 2. The van der Waals surface area contributed by atoms with Crippen LogP contribution in [0.25, 0.3) is 0 Å². The monoisotopic (exact) mass is 293 g/mol. The van der Waals surface area contributed by atoms with Crippen molar-refractivity contribution in [2.75, 3.05) is 29.9 Å². The highest BCUT2D eigenvalue weighted by atomic mass is 32.2. The van der Waals surface area contributed by atoms with Crippen molar-refractivity contribution < 1.29 is 4.79 Å². The number of para-hydroxylation sites is 1. The third-order valence-electron chi connectivity index (χ3n) is 3.93. The summed E-state index contributed by atoms with van der Waals surface area (Å²) in [7, 11) is 0. The third-order valence-corrected chi connectivity index (χ3v) is 5.27. The molecule has 1 aliphatic rings. The van der Waals surface area contributed by atoms with Crippen molar-refractivity contribution in [1.82, 2.24) is 4.90 Å². The molecule has 1 heterocycles. The molecule has 1 aromatic rings. The first kappa shape index (κ1) is 15.2. The van der Waals surface area contributed by atoms with Crippen molar-refractivity contribution >= 4 is 29.0 Å². The number of nitrogen functional groups attached to an aromatic ring is 1. The standard InChI is InChI=1S/C15H23N3OS/c1-10-5-4-6-13(16)15(10)17-14(19)9-18-7-8-20-12(3)11(18)2/h4-6,11-12H,7-9,16H2,1-3H3,(H,17,19). The molecule has 1 saturated heterocycles. The number of benzene rings is 1. The normalized spacial score (nSPS) is 23.6. The number of thioether (sulfide) groups is 1. The second-order valence-electron chi connectivity index (χ2n) is 5.37. The molecule has 2 unspecified atom stereocenters. The fourth-order valence-corrected chi connectivity index (χ4v) is 3.61. The van der Waals surface area contributed by atoms with Crippen LogP contribution in [0.3, 0.4) is 0 Å². The number of carbonyl (C=O) groups is 1. The van der Waals surface area contributed by atoms with Crippen molar-refractivity contribution in [2.24, 2.45) is 0 Å². The van der Waals surface area contributed by atoms with Crippen LogP contribution < -0.4 is 11.1 Å². The van der Waals surface area contributed by atoms with Crippen molar-refractivity contribution in [1.29, 1.82) is 0 Å². The van der Waals surface area contributed by atoms with Crippen LogP contribution in [0.15, 0.2) is 18.2 Å². The number of rotatable bonds is 3. The Balaban J connectivity index is 1.99. The van der Waals surface area contributed by atoms with Gasteiger partial charge in [0.15, 0.2) is 0 Å². The molecule has 1 amide bonds. The Morgan fingerprint density at radius 3 is 2.95 bits per heavy atom. The highest BCUT2D eigenvalue weighted by Crippen LogP contribution is 2.25. The third kappa shape index (κ3) is 3.46. The second-order valence-corrected chi connectivity index (χ2v) is 6.86. The Morgan fingerprint density at radius 2 is 2.25 bits per heavy atom. The molecule has 0 radical (unpaired) electrons. The van der Waals surface area contributed by atoms with Crippen LogP contribution in [-0.4, -0.2) is 40.9 Å². The molecule has 1 aliphatic heterocycles. The van der Waals surface area contributed by atoms with Gasteiger partial charge in [-0.25, -0.2) is 0 Å². The van der Waals surface area contributed by atoms with E-state index in [-0.39, 0.29) is 5.91 Å². The van der Waals surface area contributed by atoms with E-state index in [4.69, 9.17) is 5.73 Å². The summed E-state index contributed by atoms with van der Waals surface area (Å²) in [6.07, 6.45) is 0. The predicted molar refractivity (Wildman–Crippen MR) is 87.2 cm³/mol. The molecule has 0 spiro atoms. The highest BCUT2D eigenvalue weighted by Gasteiger charge is 2.26. The number of hydrogen-bond donors (Lipinski definition) is 2. The number of aryl methyl sites for hydroxylation is 1. The molecular weight excluding hydrogens is 270 g/mol. The van der Waals surface area contributed by atoms with Crippen LogP contribution in [-0.2, 0) is 4.79 Å². The summed E-state index contributed by atoms with van der Waals surface area (Å²) in [4.78, 5) is 14.5. The van der Waals surface area contributed by atoms with Gasteiger partial charge in [-0.2, -0.15) is 11.8 Å². The lowest BCUT2D eigenvalue weighted by Crippen LogP contribution is -2.47. The van der Waals surface area contributed by atoms with Crippen molar-refractivity contribution in [2.45, 2.75) is 32.1 Å². The molecule has 5 heteroatoms. The van der Waals surface area contributed by atoms with Crippen LogP contribution >= 0.6 is 11.8 Å². The predicted octanol–water partition coefficient (Wildman–Crippen LogP) is 2.34. The first-order chi connectivity index (χ1) is 9.49. The topological polar surface area (TPSA) is 58.4 Å². The van der Waals surface area contributed by atoms with E-state index in [0.717, 1.165) is 23.5 Å². The van der Waals surface area contributed by atoms with E-state index in [2.05, 4.69) is 24.1 Å². The molecule has 1 fully saturated rings. The summed E-state index contributed by atoms with van der Waals surface area (Å²) in [6.45, 7) is 7.76. The minimum atomic E-state index is 0.0111. The summed E-state index contributed by atoms with van der Waals surface area (Å²) >= 11 is 1.97. The zero-order chi connectivity index (χ0) is 14.7. The lowest BCUT2D eigenvalue weighted by molar-refractivity contribution is -0.117. The van der Waals surface area contributed by atoms with Gasteiger partial charge in [0.2, 0.25) is 5.91 Å². The average Bonchev–Trinajstić information content (AvgIpc) is 2.39. The Morgan fingerprint density at radius 1 is 1.50 bits per heavy atom. The van der Waals surface area contributed by atoms with Crippen LogP contribution in [0.4, 0.5) is 11.4 Å². The maximum atomic E-state index is 12.2. The molecule has 1 aromatic carbocycles. The molecule has 0 saturated carbocycles.